The van der Waals surface area contributed by atoms with Gasteiger partial charge in [0.15, 0.2) is 0 Å². The van der Waals surface area contributed by atoms with Gasteiger partial charge in [0.25, 0.3) is 5.91 Å². The first-order valence-electron chi connectivity index (χ1n) is 5.73. The summed E-state index contributed by atoms with van der Waals surface area (Å²) in [6.07, 6.45) is 1.28. The Bertz CT molecular complexity index is 504. The van der Waals surface area contributed by atoms with Crippen LogP contribution in [0.5, 0.6) is 0 Å². The van der Waals surface area contributed by atoms with Crippen molar-refractivity contribution in [3.05, 3.63) is 46.0 Å². The minimum absolute atomic E-state index is 0.0975. The van der Waals surface area contributed by atoms with E-state index in [0.717, 1.165) is 4.88 Å². The molecule has 5 heteroatoms. The first kappa shape index (κ1) is 12.9. The van der Waals surface area contributed by atoms with Crippen LogP contribution in [0.3, 0.4) is 0 Å². The number of amides is 1. The van der Waals surface area contributed by atoms with Crippen LogP contribution in [0.15, 0.2) is 34.9 Å². The first-order valence-corrected chi connectivity index (χ1v) is 6.54. The van der Waals surface area contributed by atoms with Crippen molar-refractivity contribution >= 4 is 17.2 Å². The Hall–Kier alpha value is -1.59. The van der Waals surface area contributed by atoms with Gasteiger partial charge in [-0.1, -0.05) is 0 Å². The lowest BCUT2D eigenvalue weighted by Gasteiger charge is -2.08. The van der Waals surface area contributed by atoms with Gasteiger partial charge in [-0.2, -0.15) is 0 Å². The number of furan rings is 1. The van der Waals surface area contributed by atoms with Gasteiger partial charge in [-0.05, 0) is 37.6 Å². The Morgan fingerprint density at radius 1 is 1.50 bits per heavy atom. The molecule has 0 saturated heterocycles. The standard InChI is InChI=1S/C13H15NO3S/c1-9-4-5-12(18-9)13(16)14-7-6-10(15)11-3-2-8-17-11/h2-5,8,10,15H,6-7H2,1H3,(H,14,16). The van der Waals surface area contributed by atoms with Crippen molar-refractivity contribution in [2.45, 2.75) is 19.4 Å². The quantitative estimate of drug-likeness (QED) is 0.873. The van der Waals surface area contributed by atoms with Crippen LogP contribution in [0.4, 0.5) is 0 Å². The second kappa shape index (κ2) is 5.84. The molecular weight excluding hydrogens is 250 g/mol. The van der Waals surface area contributed by atoms with E-state index in [-0.39, 0.29) is 5.91 Å². The molecule has 0 fully saturated rings. The summed E-state index contributed by atoms with van der Waals surface area (Å²) in [5.74, 6) is 0.427. The molecule has 0 aromatic carbocycles. The Labute approximate surface area is 109 Å². The van der Waals surface area contributed by atoms with E-state index in [9.17, 15) is 9.90 Å². The van der Waals surface area contributed by atoms with Gasteiger partial charge in [0, 0.05) is 11.4 Å². The molecule has 4 nitrogen and oxygen atoms in total. The number of nitrogens with one attached hydrogen (secondary N) is 1. The third kappa shape index (κ3) is 3.21. The summed E-state index contributed by atoms with van der Waals surface area (Å²) < 4.78 is 5.08. The maximum Gasteiger partial charge on any atom is 0.261 e. The number of aryl methyl sites for hydroxylation is 1. The van der Waals surface area contributed by atoms with Crippen molar-refractivity contribution in [1.29, 1.82) is 0 Å². The molecule has 0 bridgehead atoms. The van der Waals surface area contributed by atoms with Gasteiger partial charge < -0.3 is 14.8 Å². The van der Waals surface area contributed by atoms with Crippen LogP contribution in [0.2, 0.25) is 0 Å². The summed E-state index contributed by atoms with van der Waals surface area (Å²) in [4.78, 5) is 13.5. The topological polar surface area (TPSA) is 62.5 Å². The van der Waals surface area contributed by atoms with Gasteiger partial charge >= 0.3 is 0 Å². The monoisotopic (exact) mass is 265 g/mol. The van der Waals surface area contributed by atoms with Gasteiger partial charge in [-0.25, -0.2) is 0 Å². The number of thiophene rings is 1. The van der Waals surface area contributed by atoms with E-state index < -0.39 is 6.10 Å². The molecule has 0 aliphatic carbocycles. The molecule has 1 unspecified atom stereocenters. The third-order valence-corrected chi connectivity index (χ3v) is 3.54. The van der Waals surface area contributed by atoms with E-state index in [1.54, 1.807) is 18.2 Å². The van der Waals surface area contributed by atoms with Gasteiger partial charge in [0.1, 0.15) is 11.9 Å². The van der Waals surface area contributed by atoms with Gasteiger partial charge in [0.2, 0.25) is 0 Å². The average Bonchev–Trinajstić information content (AvgIpc) is 2.99. The zero-order chi connectivity index (χ0) is 13.0. The van der Waals surface area contributed by atoms with Gasteiger partial charge in [-0.15, -0.1) is 11.3 Å². The molecule has 2 aromatic rings. The molecule has 0 spiro atoms. The molecule has 2 aromatic heterocycles. The molecule has 0 saturated carbocycles. The highest BCUT2D eigenvalue weighted by Gasteiger charge is 2.12. The number of carbonyl (C=O) groups is 1. The lowest BCUT2D eigenvalue weighted by atomic mass is 10.2. The van der Waals surface area contributed by atoms with Crippen LogP contribution in [-0.2, 0) is 0 Å². The van der Waals surface area contributed by atoms with Crippen molar-refractivity contribution in [2.75, 3.05) is 6.54 Å². The average molecular weight is 265 g/mol. The predicted octanol–water partition coefficient (Wildman–Crippen LogP) is 2.50. The fourth-order valence-corrected chi connectivity index (χ4v) is 2.37. The fourth-order valence-electron chi connectivity index (χ4n) is 1.59. The summed E-state index contributed by atoms with van der Waals surface area (Å²) in [5, 5.41) is 12.5. The summed E-state index contributed by atoms with van der Waals surface area (Å²) in [5.41, 5.74) is 0. The second-order valence-corrected chi connectivity index (χ2v) is 5.27. The predicted molar refractivity (Wildman–Crippen MR) is 69.7 cm³/mol. The largest absolute Gasteiger partial charge is 0.467 e. The molecule has 1 amide bonds. The SMILES string of the molecule is Cc1ccc(C(=O)NCCC(O)c2ccco2)s1. The Kier molecular flexibility index (Phi) is 4.17. The van der Waals surface area contributed by atoms with Crippen molar-refractivity contribution in [1.82, 2.24) is 5.32 Å². The first-order chi connectivity index (χ1) is 8.66. The van der Waals surface area contributed by atoms with E-state index in [0.29, 0.717) is 23.6 Å². The maximum atomic E-state index is 11.7. The number of hydrogen-bond donors (Lipinski definition) is 2. The molecule has 2 rings (SSSR count). The van der Waals surface area contributed by atoms with E-state index >= 15 is 0 Å². The van der Waals surface area contributed by atoms with Crippen molar-refractivity contribution in [3.63, 3.8) is 0 Å². The highest BCUT2D eigenvalue weighted by atomic mass is 32.1. The summed E-state index contributed by atoms with van der Waals surface area (Å²) >= 11 is 1.46. The zero-order valence-corrected chi connectivity index (χ0v) is 10.9. The number of aliphatic hydroxyl groups is 1. The molecule has 18 heavy (non-hydrogen) atoms. The van der Waals surface area contributed by atoms with Gasteiger partial charge in [0.05, 0.1) is 11.1 Å². The Morgan fingerprint density at radius 3 is 2.94 bits per heavy atom. The third-order valence-electron chi connectivity index (χ3n) is 2.54. The van der Waals surface area contributed by atoms with Crippen molar-refractivity contribution in [2.24, 2.45) is 0 Å². The van der Waals surface area contributed by atoms with Crippen LogP contribution in [-0.4, -0.2) is 17.6 Å². The number of aliphatic hydroxyl groups excluding tert-OH is 1. The second-order valence-electron chi connectivity index (χ2n) is 3.99. The van der Waals surface area contributed by atoms with Crippen LogP contribution >= 0.6 is 11.3 Å². The zero-order valence-electron chi connectivity index (χ0n) is 10.1. The molecule has 2 heterocycles. The summed E-state index contributed by atoms with van der Waals surface area (Å²) in [7, 11) is 0. The summed E-state index contributed by atoms with van der Waals surface area (Å²) in [6, 6.07) is 7.16. The number of rotatable bonds is 5. The Balaban J connectivity index is 1.77. The minimum atomic E-state index is -0.676. The van der Waals surface area contributed by atoms with E-state index in [1.807, 2.05) is 13.0 Å². The molecule has 2 N–H and O–H groups in total. The molecular formula is C13H15NO3S. The molecule has 96 valence electrons. The normalized spacial score (nSPS) is 12.3. The number of carbonyl (C=O) groups excluding carboxylic acids is 1. The molecule has 0 radical (unpaired) electrons. The minimum Gasteiger partial charge on any atom is -0.467 e. The van der Waals surface area contributed by atoms with Gasteiger partial charge in [-0.3, -0.25) is 4.79 Å². The summed E-state index contributed by atoms with van der Waals surface area (Å²) in [6.45, 7) is 2.37. The highest BCUT2D eigenvalue weighted by Crippen LogP contribution is 2.17. The van der Waals surface area contributed by atoms with Crippen LogP contribution in [0.1, 0.15) is 32.8 Å². The van der Waals surface area contributed by atoms with Crippen molar-refractivity contribution in [3.8, 4) is 0 Å². The highest BCUT2D eigenvalue weighted by molar-refractivity contribution is 7.13. The van der Waals surface area contributed by atoms with E-state index in [1.165, 1.54) is 17.6 Å². The van der Waals surface area contributed by atoms with Crippen LogP contribution in [0, 0.1) is 6.92 Å². The molecule has 0 aliphatic rings. The number of hydrogen-bond acceptors (Lipinski definition) is 4. The molecule has 1 atom stereocenters. The van der Waals surface area contributed by atoms with Crippen molar-refractivity contribution < 1.29 is 14.3 Å². The lowest BCUT2D eigenvalue weighted by Crippen LogP contribution is -2.24. The Morgan fingerprint density at radius 2 is 2.33 bits per heavy atom. The molecule has 0 aliphatic heterocycles. The van der Waals surface area contributed by atoms with Crippen LogP contribution in [0.25, 0.3) is 0 Å². The van der Waals surface area contributed by atoms with E-state index in [4.69, 9.17) is 4.42 Å². The maximum absolute atomic E-state index is 11.7. The lowest BCUT2D eigenvalue weighted by molar-refractivity contribution is 0.0940. The van der Waals surface area contributed by atoms with E-state index in [2.05, 4.69) is 5.32 Å². The smallest absolute Gasteiger partial charge is 0.261 e. The fraction of sp³-hybridized carbons (Fsp3) is 0.308. The van der Waals surface area contributed by atoms with Crippen LogP contribution < -0.4 is 5.32 Å².